The van der Waals surface area contributed by atoms with Gasteiger partial charge >= 0.3 is 0 Å². The lowest BCUT2D eigenvalue weighted by atomic mass is 10.0. The fourth-order valence-corrected chi connectivity index (χ4v) is 1.92. The Morgan fingerprint density at radius 1 is 1.11 bits per heavy atom. The van der Waals surface area contributed by atoms with Gasteiger partial charge in [-0.3, -0.25) is 0 Å². The molecule has 0 aliphatic heterocycles. The number of nitrogens with one attached hydrogen (secondary N) is 1. The summed E-state index contributed by atoms with van der Waals surface area (Å²) in [6.07, 6.45) is 0.427. The van der Waals surface area contributed by atoms with E-state index in [4.69, 9.17) is 10.00 Å². The fourth-order valence-electron chi connectivity index (χ4n) is 1.92. The van der Waals surface area contributed by atoms with Gasteiger partial charge in [-0.1, -0.05) is 30.3 Å². The molecule has 0 aliphatic carbocycles. The van der Waals surface area contributed by atoms with Crippen molar-refractivity contribution in [1.29, 1.82) is 5.26 Å². The predicted molar refractivity (Wildman–Crippen MR) is 76.0 cm³/mol. The van der Waals surface area contributed by atoms with Crippen LogP contribution in [0.4, 0.5) is 5.69 Å². The third-order valence-electron chi connectivity index (χ3n) is 2.93. The topological polar surface area (TPSA) is 45.0 Å². The molecule has 0 spiro atoms. The van der Waals surface area contributed by atoms with Gasteiger partial charge in [-0.05, 0) is 29.8 Å². The first-order chi connectivity index (χ1) is 9.33. The van der Waals surface area contributed by atoms with E-state index in [1.54, 1.807) is 7.11 Å². The van der Waals surface area contributed by atoms with Gasteiger partial charge in [0.05, 0.1) is 25.6 Å². The average Bonchev–Trinajstić information content (AvgIpc) is 2.48. The smallest absolute Gasteiger partial charge is 0.119 e. The van der Waals surface area contributed by atoms with E-state index in [0.717, 1.165) is 17.0 Å². The molecule has 96 valence electrons. The van der Waals surface area contributed by atoms with Crippen LogP contribution in [-0.2, 0) is 0 Å². The lowest BCUT2D eigenvalue weighted by Crippen LogP contribution is -2.09. The minimum atomic E-state index is -0.000375. The van der Waals surface area contributed by atoms with Crippen LogP contribution in [0.15, 0.2) is 54.6 Å². The van der Waals surface area contributed by atoms with Crippen LogP contribution in [0.2, 0.25) is 0 Å². The molecule has 0 aromatic heterocycles. The van der Waals surface area contributed by atoms with Crippen molar-refractivity contribution in [3.63, 3.8) is 0 Å². The van der Waals surface area contributed by atoms with E-state index in [2.05, 4.69) is 11.4 Å². The van der Waals surface area contributed by atoms with Crippen LogP contribution >= 0.6 is 0 Å². The highest BCUT2D eigenvalue weighted by Gasteiger charge is 2.10. The first kappa shape index (κ1) is 13.0. The zero-order valence-corrected chi connectivity index (χ0v) is 10.8. The van der Waals surface area contributed by atoms with E-state index in [0.29, 0.717) is 6.42 Å². The molecule has 0 saturated carbocycles. The van der Waals surface area contributed by atoms with Crippen LogP contribution in [0.1, 0.15) is 18.0 Å². The Kier molecular flexibility index (Phi) is 4.41. The second kappa shape index (κ2) is 6.46. The monoisotopic (exact) mass is 252 g/mol. The standard InChI is InChI=1S/C16H16N2O/c1-19-15-9-7-14(8-10-15)18-16(11-12-17)13-5-3-2-4-6-13/h2-10,16,18H,11H2,1H3/t16-/m0/s1. The van der Waals surface area contributed by atoms with Crippen molar-refractivity contribution in [2.75, 3.05) is 12.4 Å². The van der Waals surface area contributed by atoms with E-state index in [1.807, 2.05) is 54.6 Å². The number of hydrogen-bond donors (Lipinski definition) is 1. The van der Waals surface area contributed by atoms with Crippen molar-refractivity contribution in [3.8, 4) is 11.8 Å². The third kappa shape index (κ3) is 3.49. The quantitative estimate of drug-likeness (QED) is 0.881. The maximum atomic E-state index is 8.95. The summed E-state index contributed by atoms with van der Waals surface area (Å²) >= 11 is 0. The van der Waals surface area contributed by atoms with Gasteiger partial charge in [-0.15, -0.1) is 0 Å². The van der Waals surface area contributed by atoms with Gasteiger partial charge in [0.1, 0.15) is 5.75 Å². The Labute approximate surface area is 113 Å². The number of ether oxygens (including phenoxy) is 1. The zero-order chi connectivity index (χ0) is 13.5. The van der Waals surface area contributed by atoms with E-state index in [1.165, 1.54) is 0 Å². The molecule has 2 rings (SSSR count). The highest BCUT2D eigenvalue weighted by molar-refractivity contribution is 5.48. The molecule has 0 unspecified atom stereocenters. The summed E-state index contributed by atoms with van der Waals surface area (Å²) in [7, 11) is 1.64. The summed E-state index contributed by atoms with van der Waals surface area (Å²) < 4.78 is 5.13. The molecular formula is C16H16N2O. The van der Waals surface area contributed by atoms with Gasteiger partial charge in [0.25, 0.3) is 0 Å². The van der Waals surface area contributed by atoms with Crippen molar-refractivity contribution < 1.29 is 4.74 Å². The summed E-state index contributed by atoms with van der Waals surface area (Å²) in [6, 6.07) is 19.9. The van der Waals surface area contributed by atoms with Gasteiger partial charge in [-0.25, -0.2) is 0 Å². The van der Waals surface area contributed by atoms with Crippen LogP contribution in [0.25, 0.3) is 0 Å². The second-order valence-electron chi connectivity index (χ2n) is 4.20. The molecule has 3 nitrogen and oxygen atoms in total. The fraction of sp³-hybridized carbons (Fsp3) is 0.188. The Balaban J connectivity index is 2.14. The Morgan fingerprint density at radius 3 is 2.37 bits per heavy atom. The molecule has 0 radical (unpaired) electrons. The number of rotatable bonds is 5. The summed E-state index contributed by atoms with van der Waals surface area (Å²) in [6.45, 7) is 0. The minimum Gasteiger partial charge on any atom is -0.497 e. The van der Waals surface area contributed by atoms with Crippen molar-refractivity contribution >= 4 is 5.69 Å². The molecule has 2 aromatic carbocycles. The first-order valence-corrected chi connectivity index (χ1v) is 6.16. The SMILES string of the molecule is COc1ccc(N[C@@H](CC#N)c2ccccc2)cc1. The van der Waals surface area contributed by atoms with Crippen molar-refractivity contribution in [2.24, 2.45) is 0 Å². The van der Waals surface area contributed by atoms with Gasteiger partial charge in [0, 0.05) is 5.69 Å². The van der Waals surface area contributed by atoms with E-state index < -0.39 is 0 Å². The molecule has 3 heteroatoms. The molecule has 1 atom stereocenters. The second-order valence-corrected chi connectivity index (χ2v) is 4.20. The highest BCUT2D eigenvalue weighted by atomic mass is 16.5. The Hall–Kier alpha value is -2.47. The molecular weight excluding hydrogens is 236 g/mol. The largest absolute Gasteiger partial charge is 0.497 e. The Morgan fingerprint density at radius 2 is 1.79 bits per heavy atom. The molecule has 0 bridgehead atoms. The van der Waals surface area contributed by atoms with Gasteiger partial charge < -0.3 is 10.1 Å². The molecule has 1 N–H and O–H groups in total. The third-order valence-corrected chi connectivity index (χ3v) is 2.93. The van der Waals surface area contributed by atoms with Gasteiger partial charge in [-0.2, -0.15) is 5.26 Å². The molecule has 19 heavy (non-hydrogen) atoms. The zero-order valence-electron chi connectivity index (χ0n) is 10.8. The minimum absolute atomic E-state index is 0.000375. The van der Waals surface area contributed by atoms with Crippen LogP contribution < -0.4 is 10.1 Å². The lowest BCUT2D eigenvalue weighted by molar-refractivity contribution is 0.415. The van der Waals surface area contributed by atoms with Crippen molar-refractivity contribution in [3.05, 3.63) is 60.2 Å². The van der Waals surface area contributed by atoms with Gasteiger partial charge in [0.15, 0.2) is 0 Å². The molecule has 0 heterocycles. The van der Waals surface area contributed by atoms with E-state index in [-0.39, 0.29) is 6.04 Å². The van der Waals surface area contributed by atoms with Crippen LogP contribution in [0.5, 0.6) is 5.75 Å². The van der Waals surface area contributed by atoms with E-state index >= 15 is 0 Å². The normalized spacial score (nSPS) is 11.4. The summed E-state index contributed by atoms with van der Waals surface area (Å²) in [5.41, 5.74) is 2.09. The summed E-state index contributed by atoms with van der Waals surface area (Å²) in [5, 5.41) is 12.3. The van der Waals surface area contributed by atoms with Crippen LogP contribution in [0, 0.1) is 11.3 Å². The van der Waals surface area contributed by atoms with E-state index in [9.17, 15) is 0 Å². The maximum absolute atomic E-state index is 8.95. The lowest BCUT2D eigenvalue weighted by Gasteiger charge is -2.17. The average molecular weight is 252 g/mol. The van der Waals surface area contributed by atoms with Crippen LogP contribution in [0.3, 0.4) is 0 Å². The molecule has 0 amide bonds. The molecule has 0 fully saturated rings. The molecule has 0 aliphatic rings. The van der Waals surface area contributed by atoms with Crippen molar-refractivity contribution in [1.82, 2.24) is 0 Å². The van der Waals surface area contributed by atoms with Crippen molar-refractivity contribution in [2.45, 2.75) is 12.5 Å². The summed E-state index contributed by atoms with van der Waals surface area (Å²) in [4.78, 5) is 0. The first-order valence-electron chi connectivity index (χ1n) is 6.16. The number of benzene rings is 2. The number of nitriles is 1. The summed E-state index contributed by atoms with van der Waals surface area (Å²) in [5.74, 6) is 0.821. The Bertz CT molecular complexity index is 543. The van der Waals surface area contributed by atoms with Gasteiger partial charge in [0.2, 0.25) is 0 Å². The highest BCUT2D eigenvalue weighted by Crippen LogP contribution is 2.23. The number of methoxy groups -OCH3 is 1. The maximum Gasteiger partial charge on any atom is 0.119 e. The molecule has 0 saturated heterocycles. The molecule has 2 aromatic rings. The number of hydrogen-bond acceptors (Lipinski definition) is 3. The van der Waals surface area contributed by atoms with Crippen LogP contribution in [-0.4, -0.2) is 7.11 Å². The number of anilines is 1. The predicted octanol–water partition coefficient (Wildman–Crippen LogP) is 3.76. The number of nitrogens with zero attached hydrogens (tertiary/aromatic N) is 1.